The molecule has 0 atom stereocenters. The van der Waals surface area contributed by atoms with Gasteiger partial charge in [0.1, 0.15) is 11.6 Å². The summed E-state index contributed by atoms with van der Waals surface area (Å²) in [6.45, 7) is 10.2. The van der Waals surface area contributed by atoms with Gasteiger partial charge in [-0.05, 0) is 32.9 Å². The van der Waals surface area contributed by atoms with Gasteiger partial charge in [0.15, 0.2) is 0 Å². The average Bonchev–Trinajstić information content (AvgIpc) is 2.38. The Balaban J connectivity index is 2.17. The number of anilines is 1. The molecule has 1 saturated heterocycles. The van der Waals surface area contributed by atoms with E-state index in [0.29, 0.717) is 6.54 Å². The molecule has 5 heteroatoms. The third kappa shape index (κ3) is 4.09. The van der Waals surface area contributed by atoms with Gasteiger partial charge in [0.05, 0.1) is 6.20 Å². The number of halogens is 1. The van der Waals surface area contributed by atoms with Crippen molar-refractivity contribution in [3.63, 3.8) is 0 Å². The van der Waals surface area contributed by atoms with Crippen LogP contribution in [0.15, 0.2) is 12.3 Å². The number of hydrogen-bond donors (Lipinski definition) is 1. The molecule has 0 unspecified atom stereocenters. The van der Waals surface area contributed by atoms with Crippen molar-refractivity contribution in [1.29, 1.82) is 0 Å². The largest absolute Gasteiger partial charge is 0.354 e. The van der Waals surface area contributed by atoms with Crippen molar-refractivity contribution in [3.05, 3.63) is 23.6 Å². The quantitative estimate of drug-likeness (QED) is 0.846. The van der Waals surface area contributed by atoms with Gasteiger partial charge in [-0.1, -0.05) is 6.92 Å². The van der Waals surface area contributed by atoms with Crippen LogP contribution < -0.4 is 10.2 Å². The molecule has 1 N–H and O–H groups in total. The Morgan fingerprint density at radius 1 is 1.50 bits per heavy atom. The molecule has 20 heavy (non-hydrogen) atoms. The minimum atomic E-state index is -0.257. The van der Waals surface area contributed by atoms with Crippen LogP contribution in [0.1, 0.15) is 32.8 Å². The van der Waals surface area contributed by atoms with Crippen LogP contribution in [-0.4, -0.2) is 35.1 Å². The lowest BCUT2D eigenvalue weighted by molar-refractivity contribution is 0.601. The second kappa shape index (κ2) is 6.76. The predicted octanol–water partition coefficient (Wildman–Crippen LogP) is 3.05. The highest BCUT2D eigenvalue weighted by Gasteiger charge is 2.28. The number of thioether (sulfide) groups is 1. The zero-order chi connectivity index (χ0) is 14.6. The molecule has 0 spiro atoms. The lowest BCUT2D eigenvalue weighted by atomic mass is 10.1. The van der Waals surface area contributed by atoms with Crippen LogP contribution in [0, 0.1) is 5.82 Å². The molecule has 1 aliphatic heterocycles. The summed E-state index contributed by atoms with van der Waals surface area (Å²) in [7, 11) is 0. The van der Waals surface area contributed by atoms with Crippen LogP contribution in [0.5, 0.6) is 0 Å². The highest BCUT2D eigenvalue weighted by molar-refractivity contribution is 8.00. The summed E-state index contributed by atoms with van der Waals surface area (Å²) in [6.07, 6.45) is 2.40. The Morgan fingerprint density at radius 2 is 2.30 bits per heavy atom. The van der Waals surface area contributed by atoms with E-state index in [9.17, 15) is 4.39 Å². The van der Waals surface area contributed by atoms with Gasteiger partial charge in [0.2, 0.25) is 0 Å². The first-order valence-corrected chi connectivity index (χ1v) is 8.24. The average molecular weight is 297 g/mol. The number of aromatic nitrogens is 1. The van der Waals surface area contributed by atoms with E-state index in [0.717, 1.165) is 43.2 Å². The molecule has 1 aromatic heterocycles. The summed E-state index contributed by atoms with van der Waals surface area (Å²) in [5.74, 6) is 1.77. The molecule has 0 radical (unpaired) electrons. The Bertz CT molecular complexity index is 451. The second-order valence-corrected chi connectivity index (χ2v) is 7.64. The van der Waals surface area contributed by atoms with Gasteiger partial charge in [0.25, 0.3) is 0 Å². The molecule has 0 aromatic carbocycles. The summed E-state index contributed by atoms with van der Waals surface area (Å²) < 4.78 is 13.7. The van der Waals surface area contributed by atoms with Gasteiger partial charge in [-0.2, -0.15) is 11.8 Å². The monoisotopic (exact) mass is 297 g/mol. The van der Waals surface area contributed by atoms with Gasteiger partial charge in [-0.3, -0.25) is 0 Å². The molecule has 1 aromatic rings. The predicted molar refractivity (Wildman–Crippen MR) is 84.9 cm³/mol. The maximum absolute atomic E-state index is 13.5. The molecular formula is C15H24FN3S. The van der Waals surface area contributed by atoms with Crippen molar-refractivity contribution in [2.45, 2.75) is 38.5 Å². The molecule has 0 amide bonds. The van der Waals surface area contributed by atoms with Gasteiger partial charge in [0, 0.05) is 35.7 Å². The van der Waals surface area contributed by atoms with Crippen molar-refractivity contribution in [3.8, 4) is 0 Å². The smallest absolute Gasteiger partial charge is 0.141 e. The fraction of sp³-hybridized carbons (Fsp3) is 0.667. The van der Waals surface area contributed by atoms with E-state index in [1.807, 2.05) is 11.8 Å². The maximum Gasteiger partial charge on any atom is 0.141 e. The first-order chi connectivity index (χ1) is 9.52. The first-order valence-electron chi connectivity index (χ1n) is 7.26. The van der Waals surface area contributed by atoms with Crippen molar-refractivity contribution >= 4 is 17.6 Å². The van der Waals surface area contributed by atoms with Crippen molar-refractivity contribution in [1.82, 2.24) is 10.3 Å². The third-order valence-corrected chi connectivity index (χ3v) is 4.67. The number of pyridine rings is 1. The van der Waals surface area contributed by atoms with E-state index < -0.39 is 0 Å². The van der Waals surface area contributed by atoms with E-state index in [1.165, 1.54) is 6.20 Å². The number of nitrogens with one attached hydrogen (secondary N) is 1. The summed E-state index contributed by atoms with van der Waals surface area (Å²) in [4.78, 5) is 6.64. The molecule has 1 aliphatic rings. The van der Waals surface area contributed by atoms with Crippen molar-refractivity contribution in [2.75, 3.05) is 30.3 Å². The minimum absolute atomic E-state index is 0.225. The Hall–Kier alpha value is -0.810. The van der Waals surface area contributed by atoms with Crippen LogP contribution in [0.4, 0.5) is 10.2 Å². The zero-order valence-electron chi connectivity index (χ0n) is 12.6. The Labute approximate surface area is 125 Å². The lowest BCUT2D eigenvalue weighted by Crippen LogP contribution is -2.44. The van der Waals surface area contributed by atoms with E-state index >= 15 is 0 Å². The Morgan fingerprint density at radius 3 is 3.00 bits per heavy atom. The van der Waals surface area contributed by atoms with Crippen LogP contribution in [0.3, 0.4) is 0 Å². The van der Waals surface area contributed by atoms with Crippen molar-refractivity contribution in [2.24, 2.45) is 0 Å². The zero-order valence-corrected chi connectivity index (χ0v) is 13.4. The third-order valence-electron chi connectivity index (χ3n) is 3.38. The fourth-order valence-electron chi connectivity index (χ4n) is 2.49. The van der Waals surface area contributed by atoms with Crippen molar-refractivity contribution < 1.29 is 4.39 Å². The normalized spacial score (nSPS) is 18.3. The SMILES string of the molecule is CCCNCc1cc(F)cnc1N1CCSC(C)(C)C1. The number of rotatable bonds is 5. The van der Waals surface area contributed by atoms with Gasteiger partial charge in [-0.15, -0.1) is 0 Å². The van der Waals surface area contributed by atoms with E-state index in [-0.39, 0.29) is 10.6 Å². The Kier molecular flexibility index (Phi) is 5.27. The van der Waals surface area contributed by atoms with E-state index in [2.05, 4.69) is 36.0 Å². The first kappa shape index (κ1) is 15.6. The van der Waals surface area contributed by atoms with Gasteiger partial charge < -0.3 is 10.2 Å². The van der Waals surface area contributed by atoms with E-state index in [1.54, 1.807) is 6.07 Å². The summed E-state index contributed by atoms with van der Waals surface area (Å²) in [5, 5.41) is 3.34. The molecule has 0 saturated carbocycles. The maximum atomic E-state index is 13.5. The number of hydrogen-bond acceptors (Lipinski definition) is 4. The topological polar surface area (TPSA) is 28.2 Å². The highest BCUT2D eigenvalue weighted by Crippen LogP contribution is 2.32. The lowest BCUT2D eigenvalue weighted by Gasteiger charge is -2.39. The molecule has 0 aliphatic carbocycles. The molecule has 0 bridgehead atoms. The summed E-state index contributed by atoms with van der Waals surface area (Å²) in [6, 6.07) is 1.61. The van der Waals surface area contributed by atoms with Gasteiger partial charge in [-0.25, -0.2) is 9.37 Å². The van der Waals surface area contributed by atoms with Crippen LogP contribution in [0.25, 0.3) is 0 Å². The molecule has 112 valence electrons. The minimum Gasteiger partial charge on any atom is -0.354 e. The molecule has 2 heterocycles. The molecule has 2 rings (SSSR count). The fourth-order valence-corrected chi connectivity index (χ4v) is 3.60. The summed E-state index contributed by atoms with van der Waals surface area (Å²) >= 11 is 1.99. The molecule has 3 nitrogen and oxygen atoms in total. The molecular weight excluding hydrogens is 273 g/mol. The standard InChI is InChI=1S/C15H24FN3S/c1-4-5-17-9-12-8-13(16)10-18-14(12)19-6-7-20-15(2,3)11-19/h8,10,17H,4-7,9,11H2,1-3H3. The van der Waals surface area contributed by atoms with Crippen LogP contribution in [0.2, 0.25) is 0 Å². The second-order valence-electron chi connectivity index (χ2n) is 5.84. The van der Waals surface area contributed by atoms with Crippen LogP contribution >= 0.6 is 11.8 Å². The van der Waals surface area contributed by atoms with Crippen LogP contribution in [-0.2, 0) is 6.54 Å². The number of nitrogens with zero attached hydrogens (tertiary/aromatic N) is 2. The highest BCUT2D eigenvalue weighted by atomic mass is 32.2. The van der Waals surface area contributed by atoms with Gasteiger partial charge >= 0.3 is 0 Å². The summed E-state index contributed by atoms with van der Waals surface area (Å²) in [5.41, 5.74) is 0.959. The molecule has 1 fully saturated rings. The van der Waals surface area contributed by atoms with E-state index in [4.69, 9.17) is 0 Å².